The first kappa shape index (κ1) is 18.6. The Morgan fingerprint density at radius 2 is 2.04 bits per heavy atom. The highest BCUT2D eigenvalue weighted by Gasteiger charge is 2.24. The summed E-state index contributed by atoms with van der Waals surface area (Å²) in [5, 5.41) is 4.46. The van der Waals surface area contributed by atoms with Gasteiger partial charge in [0, 0.05) is 19.0 Å². The number of likely N-dealkylation sites (tertiary alicyclic amines) is 1. The summed E-state index contributed by atoms with van der Waals surface area (Å²) in [5.41, 5.74) is 1.40. The molecule has 0 unspecified atom stereocenters. The number of fused-ring (bicyclic) bond motifs is 3. The SMILES string of the molecule is CC1CCN(Cc2nc(NCC(=O)N(C)C)c3c4c(sc3n2)CCC4)CC1. The van der Waals surface area contributed by atoms with Crippen LogP contribution in [0.1, 0.15) is 42.5 Å². The molecule has 2 aliphatic rings. The third-order valence-electron chi connectivity index (χ3n) is 5.76. The fourth-order valence-electron chi connectivity index (χ4n) is 3.98. The molecule has 0 spiro atoms. The number of hydrogen-bond acceptors (Lipinski definition) is 6. The van der Waals surface area contributed by atoms with E-state index in [1.54, 1.807) is 19.0 Å². The van der Waals surface area contributed by atoms with Crippen molar-refractivity contribution in [2.45, 2.75) is 45.6 Å². The van der Waals surface area contributed by atoms with Gasteiger partial charge in [-0.05, 0) is 56.7 Å². The van der Waals surface area contributed by atoms with Crippen molar-refractivity contribution in [3.8, 4) is 0 Å². The Morgan fingerprint density at radius 3 is 2.78 bits per heavy atom. The van der Waals surface area contributed by atoms with Crippen LogP contribution in [0.2, 0.25) is 0 Å². The molecule has 0 radical (unpaired) electrons. The maximum absolute atomic E-state index is 12.1. The maximum Gasteiger partial charge on any atom is 0.241 e. The summed E-state index contributed by atoms with van der Waals surface area (Å²) in [6.07, 6.45) is 5.95. The van der Waals surface area contributed by atoms with Crippen LogP contribution < -0.4 is 5.32 Å². The van der Waals surface area contributed by atoms with E-state index in [0.717, 1.165) is 60.3 Å². The molecular formula is C20H29N5OS. The zero-order valence-electron chi connectivity index (χ0n) is 16.5. The van der Waals surface area contributed by atoms with Crippen molar-refractivity contribution in [3.05, 3.63) is 16.3 Å². The van der Waals surface area contributed by atoms with Gasteiger partial charge in [-0.1, -0.05) is 6.92 Å². The van der Waals surface area contributed by atoms with E-state index in [1.807, 2.05) is 11.3 Å². The van der Waals surface area contributed by atoms with Crippen LogP contribution in [0.4, 0.5) is 5.82 Å². The third kappa shape index (κ3) is 3.94. The van der Waals surface area contributed by atoms with Gasteiger partial charge in [0.2, 0.25) is 5.91 Å². The molecule has 1 N–H and O–H groups in total. The Kier molecular flexibility index (Phi) is 5.32. The Labute approximate surface area is 165 Å². The predicted octanol–water partition coefficient (Wildman–Crippen LogP) is 2.91. The number of anilines is 1. The number of nitrogens with one attached hydrogen (secondary N) is 1. The molecule has 7 heteroatoms. The smallest absolute Gasteiger partial charge is 0.241 e. The summed E-state index contributed by atoms with van der Waals surface area (Å²) in [4.78, 5) is 28.4. The second-order valence-electron chi connectivity index (χ2n) is 8.13. The highest BCUT2D eigenvalue weighted by atomic mass is 32.1. The first-order valence-electron chi connectivity index (χ1n) is 9.99. The van der Waals surface area contributed by atoms with Crippen LogP contribution in [-0.4, -0.2) is 59.4 Å². The van der Waals surface area contributed by atoms with Crippen molar-refractivity contribution in [1.29, 1.82) is 0 Å². The average molecular weight is 388 g/mol. The zero-order valence-corrected chi connectivity index (χ0v) is 17.4. The van der Waals surface area contributed by atoms with Crippen molar-refractivity contribution < 1.29 is 4.79 Å². The second kappa shape index (κ2) is 7.72. The van der Waals surface area contributed by atoms with Gasteiger partial charge in [-0.3, -0.25) is 9.69 Å². The van der Waals surface area contributed by atoms with Crippen LogP contribution in [0.3, 0.4) is 0 Å². The molecule has 0 bridgehead atoms. The maximum atomic E-state index is 12.1. The number of aryl methyl sites for hydroxylation is 2. The van der Waals surface area contributed by atoms with Crippen LogP contribution in [0, 0.1) is 5.92 Å². The van der Waals surface area contributed by atoms with Crippen molar-refractivity contribution >= 4 is 33.3 Å². The molecule has 0 saturated carbocycles. The molecular weight excluding hydrogens is 358 g/mol. The summed E-state index contributed by atoms with van der Waals surface area (Å²) in [7, 11) is 3.56. The number of thiophene rings is 1. The lowest BCUT2D eigenvalue weighted by Crippen LogP contribution is -2.33. The van der Waals surface area contributed by atoms with Crippen LogP contribution in [0.15, 0.2) is 0 Å². The highest BCUT2D eigenvalue weighted by molar-refractivity contribution is 7.19. The lowest BCUT2D eigenvalue weighted by molar-refractivity contribution is -0.126. The molecule has 4 rings (SSSR count). The monoisotopic (exact) mass is 387 g/mol. The summed E-state index contributed by atoms with van der Waals surface area (Å²) < 4.78 is 0. The minimum atomic E-state index is 0.0557. The van der Waals surface area contributed by atoms with Gasteiger partial charge in [0.1, 0.15) is 16.5 Å². The van der Waals surface area contributed by atoms with Crippen molar-refractivity contribution in [3.63, 3.8) is 0 Å². The molecule has 27 heavy (non-hydrogen) atoms. The number of nitrogens with zero attached hydrogens (tertiary/aromatic N) is 4. The summed E-state index contributed by atoms with van der Waals surface area (Å²) >= 11 is 1.81. The van der Waals surface area contributed by atoms with Gasteiger partial charge in [-0.2, -0.15) is 0 Å². The normalized spacial score (nSPS) is 18.0. The molecule has 1 saturated heterocycles. The minimum Gasteiger partial charge on any atom is -0.360 e. The minimum absolute atomic E-state index is 0.0557. The van der Waals surface area contributed by atoms with Crippen molar-refractivity contribution in [1.82, 2.24) is 19.8 Å². The lowest BCUT2D eigenvalue weighted by atomic mass is 9.99. The summed E-state index contributed by atoms with van der Waals surface area (Å²) in [6, 6.07) is 0. The van der Waals surface area contributed by atoms with Crippen molar-refractivity contribution in [2.24, 2.45) is 5.92 Å². The number of likely N-dealkylation sites (N-methyl/N-ethyl adjacent to an activating group) is 1. The number of aromatic nitrogens is 2. The van der Waals surface area contributed by atoms with Gasteiger partial charge < -0.3 is 10.2 Å². The fraction of sp³-hybridized carbons (Fsp3) is 0.650. The molecule has 0 aromatic carbocycles. The van der Waals surface area contributed by atoms with Crippen LogP contribution in [0.5, 0.6) is 0 Å². The molecule has 1 aliphatic carbocycles. The van der Waals surface area contributed by atoms with Gasteiger partial charge in [0.05, 0.1) is 18.5 Å². The van der Waals surface area contributed by atoms with Gasteiger partial charge in [-0.15, -0.1) is 11.3 Å². The standard InChI is InChI=1S/C20H29N5OS/c1-13-7-9-25(10-8-13)12-16-22-19(21-11-17(26)24(2)3)18-14-5-4-6-15(14)27-20(18)23-16/h13H,4-12H2,1-3H3,(H,21,22,23). The summed E-state index contributed by atoms with van der Waals surface area (Å²) in [5.74, 6) is 2.59. The van der Waals surface area contributed by atoms with Gasteiger partial charge in [0.25, 0.3) is 0 Å². The lowest BCUT2D eigenvalue weighted by Gasteiger charge is -2.29. The first-order chi connectivity index (χ1) is 13.0. The molecule has 1 aliphatic heterocycles. The van der Waals surface area contributed by atoms with E-state index in [0.29, 0.717) is 0 Å². The highest BCUT2D eigenvalue weighted by Crippen LogP contribution is 2.39. The fourth-order valence-corrected chi connectivity index (χ4v) is 5.26. The number of carbonyl (C=O) groups excluding carboxylic acids is 1. The van der Waals surface area contributed by atoms with Crippen LogP contribution >= 0.6 is 11.3 Å². The molecule has 1 amide bonds. The van der Waals surface area contributed by atoms with E-state index in [9.17, 15) is 4.79 Å². The number of rotatable bonds is 5. The topological polar surface area (TPSA) is 61.4 Å². The van der Waals surface area contributed by atoms with E-state index in [4.69, 9.17) is 9.97 Å². The van der Waals surface area contributed by atoms with Crippen molar-refractivity contribution in [2.75, 3.05) is 39.0 Å². The van der Waals surface area contributed by atoms with E-state index in [-0.39, 0.29) is 12.5 Å². The number of carbonyl (C=O) groups is 1. The molecule has 1 fully saturated rings. The van der Waals surface area contributed by atoms with E-state index >= 15 is 0 Å². The Bertz CT molecular complexity index is 838. The van der Waals surface area contributed by atoms with Gasteiger partial charge >= 0.3 is 0 Å². The predicted molar refractivity (Wildman–Crippen MR) is 110 cm³/mol. The first-order valence-corrected chi connectivity index (χ1v) is 10.8. The number of amides is 1. The Hall–Kier alpha value is -1.73. The van der Waals surface area contributed by atoms with Gasteiger partial charge in [-0.25, -0.2) is 9.97 Å². The van der Waals surface area contributed by atoms with Crippen LogP contribution in [0.25, 0.3) is 10.2 Å². The Balaban J connectivity index is 1.62. The Morgan fingerprint density at radius 1 is 1.26 bits per heavy atom. The quantitative estimate of drug-likeness (QED) is 0.855. The van der Waals surface area contributed by atoms with Gasteiger partial charge in [0.15, 0.2) is 0 Å². The molecule has 6 nitrogen and oxygen atoms in total. The molecule has 3 heterocycles. The van der Waals surface area contributed by atoms with Crippen LogP contribution in [-0.2, 0) is 24.2 Å². The molecule has 2 aromatic rings. The molecule has 0 atom stereocenters. The van der Waals surface area contributed by atoms with E-state index < -0.39 is 0 Å². The van der Waals surface area contributed by atoms with E-state index in [2.05, 4.69) is 17.1 Å². The van der Waals surface area contributed by atoms with E-state index in [1.165, 1.54) is 29.7 Å². The summed E-state index contributed by atoms with van der Waals surface area (Å²) in [6.45, 7) is 5.62. The zero-order chi connectivity index (χ0) is 19.0. The number of piperidine rings is 1. The molecule has 146 valence electrons. The third-order valence-corrected chi connectivity index (χ3v) is 6.94. The second-order valence-corrected chi connectivity index (χ2v) is 9.21. The number of hydrogen-bond donors (Lipinski definition) is 1. The average Bonchev–Trinajstić information content (AvgIpc) is 3.22. The largest absolute Gasteiger partial charge is 0.360 e. The molecule has 2 aromatic heterocycles.